The van der Waals surface area contributed by atoms with Gasteiger partial charge in [-0.1, -0.05) is 42.8 Å². The molecule has 7 heteroatoms. The first-order valence-corrected chi connectivity index (χ1v) is 9.14. The molecule has 2 aromatic rings. The van der Waals surface area contributed by atoms with Crippen molar-refractivity contribution < 1.29 is 19.1 Å². The van der Waals surface area contributed by atoms with Crippen LogP contribution in [0.15, 0.2) is 54.6 Å². The highest BCUT2D eigenvalue weighted by atomic mass is 16.5. The Morgan fingerprint density at radius 1 is 1.04 bits per heavy atom. The summed E-state index contributed by atoms with van der Waals surface area (Å²) in [7, 11) is 0. The molecule has 0 radical (unpaired) electrons. The average molecular weight is 381 g/mol. The van der Waals surface area contributed by atoms with E-state index in [-0.39, 0.29) is 23.5 Å². The number of rotatable bonds is 7. The van der Waals surface area contributed by atoms with E-state index in [0.717, 1.165) is 19.3 Å². The predicted octanol–water partition coefficient (Wildman–Crippen LogP) is 2.57. The monoisotopic (exact) mass is 381 g/mol. The molecule has 28 heavy (non-hydrogen) atoms. The molecule has 7 nitrogen and oxygen atoms in total. The fourth-order valence-corrected chi connectivity index (χ4v) is 3.36. The molecule has 1 saturated carbocycles. The van der Waals surface area contributed by atoms with Gasteiger partial charge in [-0.25, -0.2) is 9.59 Å². The van der Waals surface area contributed by atoms with Gasteiger partial charge in [0.05, 0.1) is 5.56 Å². The van der Waals surface area contributed by atoms with E-state index in [0.29, 0.717) is 12.2 Å². The summed E-state index contributed by atoms with van der Waals surface area (Å²) in [6.45, 7) is 0.155. The molecular formula is C21H23N3O4. The summed E-state index contributed by atoms with van der Waals surface area (Å²) in [5.41, 5.74) is 6.84. The van der Waals surface area contributed by atoms with Gasteiger partial charge in [0.15, 0.2) is 6.61 Å². The third kappa shape index (κ3) is 4.68. The van der Waals surface area contributed by atoms with Gasteiger partial charge < -0.3 is 21.1 Å². The summed E-state index contributed by atoms with van der Waals surface area (Å²) in [4.78, 5) is 35.2. The smallest absolute Gasteiger partial charge is 0.338 e. The van der Waals surface area contributed by atoms with Crippen LogP contribution in [0, 0.1) is 0 Å². The highest BCUT2D eigenvalue weighted by Crippen LogP contribution is 2.43. The van der Waals surface area contributed by atoms with Crippen molar-refractivity contribution in [1.82, 2.24) is 5.32 Å². The number of hydrogen-bond donors (Lipinski definition) is 3. The second-order valence-electron chi connectivity index (χ2n) is 6.92. The second-order valence-corrected chi connectivity index (χ2v) is 6.92. The van der Waals surface area contributed by atoms with E-state index in [9.17, 15) is 14.4 Å². The van der Waals surface area contributed by atoms with Crippen molar-refractivity contribution in [3.63, 3.8) is 0 Å². The maximum atomic E-state index is 12.1. The maximum absolute atomic E-state index is 12.1. The van der Waals surface area contributed by atoms with E-state index < -0.39 is 12.0 Å². The summed E-state index contributed by atoms with van der Waals surface area (Å²) in [6, 6.07) is 15.6. The SMILES string of the molecule is NC(=O)Nc1cccc(C(=O)OCC(=O)NCC2(c3ccccc3)CCC2)c1. The number of carbonyl (C=O) groups excluding carboxylic acids is 3. The Morgan fingerprint density at radius 3 is 2.43 bits per heavy atom. The highest BCUT2D eigenvalue weighted by molar-refractivity contribution is 5.94. The average Bonchev–Trinajstić information content (AvgIpc) is 2.66. The number of hydrogen-bond acceptors (Lipinski definition) is 4. The molecule has 146 valence electrons. The van der Waals surface area contributed by atoms with Crippen LogP contribution >= 0.6 is 0 Å². The molecule has 2 aromatic carbocycles. The van der Waals surface area contributed by atoms with Crippen LogP contribution in [0.1, 0.15) is 35.2 Å². The molecule has 3 amide bonds. The van der Waals surface area contributed by atoms with Crippen molar-refractivity contribution in [2.24, 2.45) is 5.73 Å². The number of nitrogens with one attached hydrogen (secondary N) is 2. The summed E-state index contributed by atoms with van der Waals surface area (Å²) in [6.07, 6.45) is 3.18. The first-order chi connectivity index (χ1) is 13.5. The first kappa shape index (κ1) is 19.4. The number of nitrogens with two attached hydrogens (primary N) is 1. The van der Waals surface area contributed by atoms with Crippen LogP contribution < -0.4 is 16.4 Å². The van der Waals surface area contributed by atoms with Crippen molar-refractivity contribution in [3.05, 3.63) is 65.7 Å². The number of carbonyl (C=O) groups is 3. The number of ether oxygens (including phenoxy) is 1. The Kier molecular flexibility index (Phi) is 5.93. The summed E-state index contributed by atoms with van der Waals surface area (Å²) in [5.74, 6) is -0.994. The Morgan fingerprint density at radius 2 is 1.79 bits per heavy atom. The minimum absolute atomic E-state index is 0.0321. The fourth-order valence-electron chi connectivity index (χ4n) is 3.36. The van der Waals surface area contributed by atoms with Gasteiger partial charge in [0.25, 0.3) is 5.91 Å². The highest BCUT2D eigenvalue weighted by Gasteiger charge is 2.38. The minimum atomic E-state index is -0.728. The van der Waals surface area contributed by atoms with Crippen LogP contribution in [0.4, 0.5) is 10.5 Å². The number of amides is 3. The maximum Gasteiger partial charge on any atom is 0.338 e. The number of benzene rings is 2. The lowest BCUT2D eigenvalue weighted by Crippen LogP contribution is -2.46. The Balaban J connectivity index is 1.50. The zero-order valence-corrected chi connectivity index (χ0v) is 15.4. The number of urea groups is 1. The lowest BCUT2D eigenvalue weighted by atomic mass is 9.64. The van der Waals surface area contributed by atoms with Crippen LogP contribution in [0.3, 0.4) is 0 Å². The quantitative estimate of drug-likeness (QED) is 0.640. The van der Waals surface area contributed by atoms with E-state index >= 15 is 0 Å². The summed E-state index contributed by atoms with van der Waals surface area (Å²) < 4.78 is 5.08. The van der Waals surface area contributed by atoms with Crippen LogP contribution in [0.25, 0.3) is 0 Å². The molecule has 0 spiro atoms. The number of anilines is 1. The van der Waals surface area contributed by atoms with E-state index in [1.807, 2.05) is 18.2 Å². The van der Waals surface area contributed by atoms with Crippen LogP contribution in [0.5, 0.6) is 0 Å². The van der Waals surface area contributed by atoms with Crippen molar-refractivity contribution in [2.45, 2.75) is 24.7 Å². The molecule has 0 heterocycles. The lowest BCUT2D eigenvalue weighted by Gasteiger charge is -2.42. The van der Waals surface area contributed by atoms with E-state index in [2.05, 4.69) is 22.8 Å². The third-order valence-corrected chi connectivity index (χ3v) is 5.02. The Labute approximate surface area is 163 Å². The van der Waals surface area contributed by atoms with Gasteiger partial charge in [0.2, 0.25) is 0 Å². The molecular weight excluding hydrogens is 358 g/mol. The molecule has 0 aliphatic heterocycles. The van der Waals surface area contributed by atoms with E-state index in [1.54, 1.807) is 12.1 Å². The second kappa shape index (κ2) is 8.56. The topological polar surface area (TPSA) is 111 Å². The van der Waals surface area contributed by atoms with Gasteiger partial charge >= 0.3 is 12.0 Å². The largest absolute Gasteiger partial charge is 0.452 e. The molecule has 1 aliphatic rings. The van der Waals surface area contributed by atoms with Crippen LogP contribution in [-0.4, -0.2) is 31.1 Å². The molecule has 1 fully saturated rings. The van der Waals surface area contributed by atoms with Crippen LogP contribution in [0.2, 0.25) is 0 Å². The summed E-state index contributed by atoms with van der Waals surface area (Å²) >= 11 is 0. The lowest BCUT2D eigenvalue weighted by molar-refractivity contribution is -0.124. The van der Waals surface area contributed by atoms with Crippen molar-refractivity contribution >= 4 is 23.6 Å². The van der Waals surface area contributed by atoms with E-state index in [4.69, 9.17) is 10.5 Å². The Hall–Kier alpha value is -3.35. The van der Waals surface area contributed by atoms with Gasteiger partial charge in [-0.3, -0.25) is 4.79 Å². The molecule has 1 aliphatic carbocycles. The van der Waals surface area contributed by atoms with Gasteiger partial charge in [-0.05, 0) is 36.6 Å². The third-order valence-electron chi connectivity index (χ3n) is 5.02. The standard InChI is InChI=1S/C21H23N3O4/c22-20(27)24-17-9-4-6-15(12-17)19(26)28-13-18(25)23-14-21(10-5-11-21)16-7-2-1-3-8-16/h1-4,6-9,12H,5,10-11,13-14H2,(H,23,25)(H3,22,24,27). The zero-order chi connectivity index (χ0) is 20.0. The minimum Gasteiger partial charge on any atom is -0.452 e. The van der Waals surface area contributed by atoms with Crippen molar-refractivity contribution in [2.75, 3.05) is 18.5 Å². The van der Waals surface area contributed by atoms with E-state index in [1.165, 1.54) is 17.7 Å². The van der Waals surface area contributed by atoms with Gasteiger partial charge in [0, 0.05) is 17.6 Å². The molecule has 0 unspecified atom stereocenters. The normalized spacial score (nSPS) is 14.4. The predicted molar refractivity (Wildman–Crippen MR) is 105 cm³/mol. The molecule has 0 aromatic heterocycles. The molecule has 0 saturated heterocycles. The van der Waals surface area contributed by atoms with Gasteiger partial charge in [0.1, 0.15) is 0 Å². The van der Waals surface area contributed by atoms with Crippen molar-refractivity contribution in [1.29, 1.82) is 0 Å². The van der Waals surface area contributed by atoms with Crippen LogP contribution in [-0.2, 0) is 14.9 Å². The number of primary amides is 1. The van der Waals surface area contributed by atoms with Gasteiger partial charge in [-0.2, -0.15) is 0 Å². The molecule has 4 N–H and O–H groups in total. The van der Waals surface area contributed by atoms with Crippen molar-refractivity contribution in [3.8, 4) is 0 Å². The molecule has 3 rings (SSSR count). The molecule has 0 bridgehead atoms. The Bertz CT molecular complexity index is 863. The number of esters is 1. The molecule has 0 atom stereocenters. The fraction of sp³-hybridized carbons (Fsp3) is 0.286. The van der Waals surface area contributed by atoms with Gasteiger partial charge in [-0.15, -0.1) is 0 Å². The zero-order valence-electron chi connectivity index (χ0n) is 15.4. The first-order valence-electron chi connectivity index (χ1n) is 9.14. The summed E-state index contributed by atoms with van der Waals surface area (Å²) in [5, 5.41) is 5.26.